The van der Waals surface area contributed by atoms with E-state index in [0.717, 1.165) is 4.90 Å². The van der Waals surface area contributed by atoms with Gasteiger partial charge in [-0.3, -0.25) is 47.4 Å². The van der Waals surface area contributed by atoms with Gasteiger partial charge >= 0.3 is 0 Å². The molecule has 0 radical (unpaired) electrons. The number of fused-ring (bicyclic) bond motifs is 5. The molecule has 350 valence electrons. The number of phenols is 1. The summed E-state index contributed by atoms with van der Waals surface area (Å²) in [6, 6.07) is -1.99. The number of benzene rings is 1. The van der Waals surface area contributed by atoms with Crippen LogP contribution in [0.3, 0.4) is 0 Å². The van der Waals surface area contributed by atoms with E-state index in [0.29, 0.717) is 11.8 Å². The summed E-state index contributed by atoms with van der Waals surface area (Å²) in [5.74, 6) is -13.8. The van der Waals surface area contributed by atoms with Crippen molar-refractivity contribution >= 4 is 74.6 Å². The number of nitrogens with two attached hydrogens (primary N) is 1. The minimum atomic E-state index is -2.31. The van der Waals surface area contributed by atoms with E-state index in [1.807, 2.05) is 0 Å². The van der Waals surface area contributed by atoms with Crippen LogP contribution in [-0.4, -0.2) is 156 Å². The van der Waals surface area contributed by atoms with Crippen LogP contribution in [-0.2, 0) is 60.4 Å². The molecule has 4 unspecified atom stereocenters. The van der Waals surface area contributed by atoms with Crippen molar-refractivity contribution in [1.29, 1.82) is 0 Å². The minimum Gasteiger partial charge on any atom is -0.508 e. The standard InChI is InChI=1S/C41H56N8O14S/c1-4-18(2)35-39(61)44-13-33(57)45-27-17-64(63)40-25(24-6-5-22(51)11-26(24)46-40)7-20(37(59)43-14-34(58)47-35)8-30(54)36(19(3)31(55)16-50)48-38(60)28-12-23(52)15-49(28)41(62)21(9-29(27)53)10-32(42)56/h5-6,11,18-21,23,27-28,31,35-36,46,50-52,55H,4,7-10,12-17H2,1-3H3,(H2,42,56)(H,43,59)(H,44,61)(H,45,57)(H,47,58)(H,48,60)/t18-,19-,20?,21-,23?,27?,28-,31-,35-,36-,64?/m0/s1. The maximum absolute atomic E-state index is 14.6. The summed E-state index contributed by atoms with van der Waals surface area (Å²) in [6.45, 7) is 2.01. The average Bonchev–Trinajstić information content (AvgIpc) is 3.82. The van der Waals surface area contributed by atoms with Crippen LogP contribution in [0.5, 0.6) is 5.75 Å². The first-order valence-corrected chi connectivity index (χ1v) is 22.3. The number of hydrogen-bond acceptors (Lipinski definition) is 14. The van der Waals surface area contributed by atoms with Crippen molar-refractivity contribution in [2.45, 2.75) is 101 Å². The lowest BCUT2D eigenvalue weighted by Crippen LogP contribution is -2.56. The first-order chi connectivity index (χ1) is 30.2. The van der Waals surface area contributed by atoms with E-state index in [-0.39, 0.29) is 28.3 Å². The number of aliphatic hydroxyl groups is 3. The van der Waals surface area contributed by atoms with E-state index < -0.39 is 181 Å². The number of nitrogens with one attached hydrogen (secondary N) is 6. The van der Waals surface area contributed by atoms with Crippen LogP contribution in [0.25, 0.3) is 10.9 Å². The lowest BCUT2D eigenvalue weighted by atomic mass is 9.85. The Labute approximate surface area is 369 Å². The fraction of sp³-hybridized carbons (Fsp3) is 0.585. The largest absolute Gasteiger partial charge is 0.508 e. The zero-order valence-electron chi connectivity index (χ0n) is 35.6. The third-order valence-corrected chi connectivity index (χ3v) is 13.6. The monoisotopic (exact) mass is 916 g/mol. The van der Waals surface area contributed by atoms with Gasteiger partial charge in [0.05, 0.1) is 72.0 Å². The molecule has 2 aromatic rings. The molecule has 2 bridgehead atoms. The Morgan fingerprint density at radius 2 is 1.58 bits per heavy atom. The van der Waals surface area contributed by atoms with E-state index in [2.05, 4.69) is 31.6 Å². The summed E-state index contributed by atoms with van der Waals surface area (Å²) in [7, 11) is -2.31. The van der Waals surface area contributed by atoms with Crippen LogP contribution in [0, 0.1) is 23.7 Å². The molecule has 3 aliphatic heterocycles. The fourth-order valence-electron chi connectivity index (χ4n) is 8.26. The van der Waals surface area contributed by atoms with E-state index in [1.54, 1.807) is 13.8 Å². The Morgan fingerprint density at radius 1 is 0.906 bits per heavy atom. The molecule has 64 heavy (non-hydrogen) atoms. The van der Waals surface area contributed by atoms with Gasteiger partial charge in [0.2, 0.25) is 41.4 Å². The quantitative estimate of drug-likeness (QED) is 0.127. The van der Waals surface area contributed by atoms with Crippen LogP contribution in [0.2, 0.25) is 0 Å². The van der Waals surface area contributed by atoms with Crippen LogP contribution in [0.1, 0.15) is 58.4 Å². The average molecular weight is 917 g/mol. The number of aromatic nitrogens is 1. The van der Waals surface area contributed by atoms with E-state index in [4.69, 9.17) is 5.73 Å². The van der Waals surface area contributed by atoms with Gasteiger partial charge in [0.15, 0.2) is 11.6 Å². The number of Topliss-reactive ketones (excluding diaryl/α,β-unsaturated/α-hetero) is 2. The van der Waals surface area contributed by atoms with Crippen LogP contribution >= 0.6 is 0 Å². The molecule has 12 N–H and O–H groups in total. The fourth-order valence-corrected chi connectivity index (χ4v) is 9.69. The summed E-state index contributed by atoms with van der Waals surface area (Å²) in [4.78, 5) is 128. The Kier molecular flexibility index (Phi) is 16.4. The predicted molar refractivity (Wildman–Crippen MR) is 225 cm³/mol. The molecule has 1 aromatic carbocycles. The second-order valence-electron chi connectivity index (χ2n) is 16.8. The highest BCUT2D eigenvalue weighted by molar-refractivity contribution is 7.85. The van der Waals surface area contributed by atoms with Crippen molar-refractivity contribution in [1.82, 2.24) is 36.5 Å². The number of phenolic OH excluding ortho intramolecular Hbond substituents is 1. The normalized spacial score (nSPS) is 28.8. The molecule has 11 atom stereocenters. The number of carbonyl (C=O) groups excluding carboxylic acids is 9. The molecular formula is C41H56N8O14S. The van der Waals surface area contributed by atoms with Gasteiger partial charge in [-0.15, -0.1) is 0 Å². The Bertz CT molecular complexity index is 2200. The first-order valence-electron chi connectivity index (χ1n) is 21.0. The molecule has 3 aliphatic rings. The number of nitrogens with zero attached hydrogens (tertiary/aromatic N) is 1. The minimum absolute atomic E-state index is 0.102. The van der Waals surface area contributed by atoms with Crippen LogP contribution in [0.4, 0.5) is 0 Å². The molecule has 0 spiro atoms. The lowest BCUT2D eigenvalue weighted by Gasteiger charge is -2.32. The molecule has 4 heterocycles. The summed E-state index contributed by atoms with van der Waals surface area (Å²) in [5.41, 5.74) is 5.90. The molecule has 0 saturated carbocycles. The molecule has 1 saturated heterocycles. The number of H-pyrrole nitrogens is 1. The number of ketones is 2. The zero-order valence-corrected chi connectivity index (χ0v) is 36.4. The van der Waals surface area contributed by atoms with E-state index in [9.17, 15) is 67.8 Å². The van der Waals surface area contributed by atoms with Crippen molar-refractivity contribution in [2.24, 2.45) is 29.4 Å². The second-order valence-corrected chi connectivity index (χ2v) is 18.2. The summed E-state index contributed by atoms with van der Waals surface area (Å²) in [5, 5.41) is 54.4. The number of aromatic hydroxyl groups is 1. The van der Waals surface area contributed by atoms with E-state index >= 15 is 0 Å². The van der Waals surface area contributed by atoms with Crippen LogP contribution < -0.4 is 32.3 Å². The van der Waals surface area contributed by atoms with Crippen molar-refractivity contribution in [3.05, 3.63) is 23.8 Å². The Hall–Kier alpha value is -5.78. The second kappa shape index (κ2) is 21.3. The number of aromatic amines is 1. The molecule has 1 fully saturated rings. The van der Waals surface area contributed by atoms with Crippen molar-refractivity contribution in [3.8, 4) is 5.75 Å². The van der Waals surface area contributed by atoms with Crippen LogP contribution in [0.15, 0.2) is 23.2 Å². The molecule has 5 rings (SSSR count). The molecule has 22 nitrogen and oxygen atoms in total. The number of aliphatic hydroxyl groups excluding tert-OH is 3. The molecule has 7 amide bonds. The third-order valence-electron chi connectivity index (χ3n) is 12.1. The highest BCUT2D eigenvalue weighted by Gasteiger charge is 2.45. The highest BCUT2D eigenvalue weighted by atomic mass is 32.2. The van der Waals surface area contributed by atoms with Gasteiger partial charge in [0.1, 0.15) is 22.9 Å². The Morgan fingerprint density at radius 3 is 2.23 bits per heavy atom. The van der Waals surface area contributed by atoms with Gasteiger partial charge in [0.25, 0.3) is 0 Å². The van der Waals surface area contributed by atoms with E-state index in [1.165, 1.54) is 25.1 Å². The number of hydrogen-bond donors (Lipinski definition) is 11. The summed E-state index contributed by atoms with van der Waals surface area (Å²) < 4.78 is 14.6. The van der Waals surface area contributed by atoms with Gasteiger partial charge in [-0.25, -0.2) is 0 Å². The predicted octanol–water partition coefficient (Wildman–Crippen LogP) is -3.74. The highest BCUT2D eigenvalue weighted by Crippen LogP contribution is 2.32. The van der Waals surface area contributed by atoms with Crippen molar-refractivity contribution in [2.75, 3.05) is 32.0 Å². The molecule has 1 aromatic heterocycles. The number of carbonyl (C=O) groups is 9. The lowest BCUT2D eigenvalue weighted by molar-refractivity contribution is -0.145. The van der Waals surface area contributed by atoms with Gasteiger partial charge in [-0.2, -0.15) is 0 Å². The topological polar surface area (TPSA) is 357 Å². The van der Waals surface area contributed by atoms with Crippen molar-refractivity contribution < 1.29 is 67.8 Å². The SMILES string of the molecule is CC[C@H](C)[C@@H]1NC(=O)CNC(=O)C2CC(=O)[C@H]([C@@H](C)[C@@H](O)CO)NC(=O)[C@@H]3CC(O)CN3C(=O)[C@H](CC(N)=O)CC(=O)C(CS(=O)c3[nH]c4cc(O)ccc4c3C2)NC(=O)CNC1=O. The third kappa shape index (κ3) is 11.7. The van der Waals surface area contributed by atoms with Gasteiger partial charge in [-0.05, 0) is 30.0 Å². The Balaban J connectivity index is 1.73. The molecular weight excluding hydrogens is 861 g/mol. The summed E-state index contributed by atoms with van der Waals surface area (Å²) >= 11 is 0. The number of primary amides is 1. The smallest absolute Gasteiger partial charge is 0.243 e. The molecule has 0 aliphatic carbocycles. The number of amides is 7. The van der Waals surface area contributed by atoms with Gasteiger partial charge in [-0.1, -0.05) is 27.2 Å². The summed E-state index contributed by atoms with van der Waals surface area (Å²) in [6.07, 6.45) is -5.54. The van der Waals surface area contributed by atoms with Gasteiger partial charge in [0, 0.05) is 55.5 Å². The maximum atomic E-state index is 14.6. The first kappa shape index (κ1) is 49.2. The number of rotatable bonds is 7. The molecule has 23 heteroatoms. The maximum Gasteiger partial charge on any atom is 0.243 e. The van der Waals surface area contributed by atoms with Crippen molar-refractivity contribution in [3.63, 3.8) is 0 Å². The van der Waals surface area contributed by atoms with Gasteiger partial charge < -0.3 is 62.6 Å². The zero-order chi connectivity index (χ0) is 47.2.